The summed E-state index contributed by atoms with van der Waals surface area (Å²) in [5.41, 5.74) is 4.26. The van der Waals surface area contributed by atoms with Crippen LogP contribution in [-0.2, 0) is 10.3 Å². The van der Waals surface area contributed by atoms with E-state index in [1.807, 2.05) is 6.08 Å². The number of carbonyl (C=O) groups is 1. The van der Waals surface area contributed by atoms with Gasteiger partial charge in [0.15, 0.2) is 5.12 Å². The Hall–Kier alpha value is -2.66. The second-order valence-corrected chi connectivity index (χ2v) is 9.46. The number of carbonyl (C=O) groups excluding carboxylic acids is 1. The van der Waals surface area contributed by atoms with Crippen LogP contribution in [0, 0.1) is 0 Å². The fourth-order valence-electron chi connectivity index (χ4n) is 4.88. The standard InChI is InChI=1S/C28H29NO2S/c1-22(31)32-27-17-19-29(21-23(27)18-20-30)28(24-11-5-2-6-12-24,25-13-7-3-8-14-25)26-15-9-4-10-16-26/h2-16,18,27,30H,17,19-21H2,1H3/t27-/m1/s1. The molecule has 0 radical (unpaired) electrons. The number of likely N-dealkylation sites (tertiary alicyclic amines) is 1. The molecule has 1 N–H and O–H groups in total. The maximum absolute atomic E-state index is 11.9. The Balaban J connectivity index is 1.90. The smallest absolute Gasteiger partial charge is 0.186 e. The molecule has 1 heterocycles. The highest BCUT2D eigenvalue weighted by Crippen LogP contribution is 2.45. The fourth-order valence-corrected chi connectivity index (χ4v) is 5.83. The Morgan fingerprint density at radius 3 is 1.81 bits per heavy atom. The molecule has 3 aromatic carbocycles. The van der Waals surface area contributed by atoms with Crippen molar-refractivity contribution in [2.45, 2.75) is 24.1 Å². The molecule has 1 atom stereocenters. The topological polar surface area (TPSA) is 40.5 Å². The predicted octanol–water partition coefficient (Wildman–Crippen LogP) is 5.25. The van der Waals surface area contributed by atoms with Gasteiger partial charge in [0.25, 0.3) is 0 Å². The zero-order chi connectivity index (χ0) is 22.4. The van der Waals surface area contributed by atoms with Crippen LogP contribution in [0.25, 0.3) is 0 Å². The summed E-state index contributed by atoms with van der Waals surface area (Å²) >= 11 is 1.38. The largest absolute Gasteiger partial charge is 0.392 e. The van der Waals surface area contributed by atoms with E-state index < -0.39 is 5.54 Å². The molecule has 0 aliphatic carbocycles. The van der Waals surface area contributed by atoms with Gasteiger partial charge in [0.05, 0.1) is 12.1 Å². The van der Waals surface area contributed by atoms with E-state index in [4.69, 9.17) is 0 Å². The van der Waals surface area contributed by atoms with Crippen LogP contribution >= 0.6 is 11.8 Å². The quantitative estimate of drug-likeness (QED) is 0.417. The zero-order valence-corrected chi connectivity index (χ0v) is 19.2. The summed E-state index contributed by atoms with van der Waals surface area (Å²) in [6.45, 7) is 3.12. The third-order valence-corrected chi connectivity index (χ3v) is 7.31. The van der Waals surface area contributed by atoms with Crippen molar-refractivity contribution in [1.82, 2.24) is 4.90 Å². The highest BCUT2D eigenvalue weighted by atomic mass is 32.2. The molecule has 4 heteroatoms. The first kappa shape index (κ1) is 22.5. The number of aliphatic hydroxyl groups excluding tert-OH is 1. The average Bonchev–Trinajstić information content (AvgIpc) is 2.83. The van der Waals surface area contributed by atoms with Gasteiger partial charge in [-0.3, -0.25) is 9.69 Å². The van der Waals surface area contributed by atoms with Crippen LogP contribution in [0.15, 0.2) is 103 Å². The van der Waals surface area contributed by atoms with E-state index in [-0.39, 0.29) is 17.0 Å². The van der Waals surface area contributed by atoms with Gasteiger partial charge >= 0.3 is 0 Å². The number of rotatable bonds is 6. The van der Waals surface area contributed by atoms with Crippen LogP contribution in [0.1, 0.15) is 30.0 Å². The number of nitrogens with zero attached hydrogens (tertiary/aromatic N) is 1. The molecule has 1 aliphatic heterocycles. The lowest BCUT2D eigenvalue weighted by Crippen LogP contribution is -2.52. The normalized spacial score (nSPS) is 18.6. The van der Waals surface area contributed by atoms with E-state index in [0.29, 0.717) is 6.54 Å². The molecule has 4 rings (SSSR count). The van der Waals surface area contributed by atoms with Crippen molar-refractivity contribution in [2.75, 3.05) is 19.7 Å². The van der Waals surface area contributed by atoms with Crippen molar-refractivity contribution in [3.63, 3.8) is 0 Å². The number of aliphatic hydroxyl groups is 1. The van der Waals surface area contributed by atoms with Gasteiger partial charge in [0, 0.05) is 25.3 Å². The Morgan fingerprint density at radius 2 is 1.41 bits per heavy atom. The molecule has 3 nitrogen and oxygen atoms in total. The first-order valence-corrected chi connectivity index (χ1v) is 11.9. The highest BCUT2D eigenvalue weighted by Gasteiger charge is 2.44. The van der Waals surface area contributed by atoms with Crippen molar-refractivity contribution in [1.29, 1.82) is 0 Å². The van der Waals surface area contributed by atoms with Gasteiger partial charge in [0.1, 0.15) is 0 Å². The molecule has 164 valence electrons. The van der Waals surface area contributed by atoms with E-state index >= 15 is 0 Å². The van der Waals surface area contributed by atoms with E-state index in [1.54, 1.807) is 6.92 Å². The number of thioether (sulfide) groups is 1. The summed E-state index contributed by atoms with van der Waals surface area (Å²) in [4.78, 5) is 14.4. The number of benzene rings is 3. The summed E-state index contributed by atoms with van der Waals surface area (Å²) in [6, 6.07) is 31.9. The lowest BCUT2D eigenvalue weighted by atomic mass is 9.74. The fraction of sp³-hybridized carbons (Fsp3) is 0.250. The molecule has 0 bridgehead atoms. The highest BCUT2D eigenvalue weighted by molar-refractivity contribution is 8.14. The number of hydrogen-bond donors (Lipinski definition) is 1. The van der Waals surface area contributed by atoms with Crippen molar-refractivity contribution in [3.8, 4) is 0 Å². The van der Waals surface area contributed by atoms with Crippen LogP contribution in [0.2, 0.25) is 0 Å². The molecule has 3 aromatic rings. The van der Waals surface area contributed by atoms with Gasteiger partial charge in [0.2, 0.25) is 0 Å². The molecule has 1 saturated heterocycles. The van der Waals surface area contributed by atoms with Crippen LogP contribution in [0.4, 0.5) is 0 Å². The molecule has 32 heavy (non-hydrogen) atoms. The summed E-state index contributed by atoms with van der Waals surface area (Å²) in [5, 5.41) is 9.95. The maximum Gasteiger partial charge on any atom is 0.186 e. The lowest BCUT2D eigenvalue weighted by molar-refractivity contribution is -0.109. The molecule has 1 fully saturated rings. The minimum atomic E-state index is -0.482. The third kappa shape index (κ3) is 4.44. The third-order valence-electron chi connectivity index (χ3n) is 6.16. The van der Waals surface area contributed by atoms with Crippen molar-refractivity contribution in [3.05, 3.63) is 119 Å². The van der Waals surface area contributed by atoms with E-state index in [2.05, 4.69) is 95.9 Å². The summed E-state index contributed by atoms with van der Waals surface area (Å²) in [5.74, 6) is 0. The van der Waals surface area contributed by atoms with Crippen molar-refractivity contribution >= 4 is 16.9 Å². The average molecular weight is 444 g/mol. The van der Waals surface area contributed by atoms with Gasteiger partial charge < -0.3 is 5.11 Å². The summed E-state index contributed by atoms with van der Waals surface area (Å²) < 4.78 is 0. The van der Waals surface area contributed by atoms with E-state index in [1.165, 1.54) is 28.5 Å². The minimum Gasteiger partial charge on any atom is -0.392 e. The second kappa shape index (κ2) is 10.3. The molecule has 0 aromatic heterocycles. The minimum absolute atomic E-state index is 0.0207. The molecule has 0 saturated carbocycles. The van der Waals surface area contributed by atoms with E-state index in [9.17, 15) is 9.90 Å². The monoisotopic (exact) mass is 443 g/mol. The van der Waals surface area contributed by atoms with E-state index in [0.717, 1.165) is 18.5 Å². The lowest BCUT2D eigenvalue weighted by Gasteiger charge is -2.49. The van der Waals surface area contributed by atoms with Crippen LogP contribution < -0.4 is 0 Å². The Kier molecular flexibility index (Phi) is 7.26. The van der Waals surface area contributed by atoms with Gasteiger partial charge in [-0.25, -0.2) is 0 Å². The van der Waals surface area contributed by atoms with Crippen LogP contribution in [0.5, 0.6) is 0 Å². The van der Waals surface area contributed by atoms with Crippen LogP contribution in [0.3, 0.4) is 0 Å². The Labute approximate surface area is 194 Å². The summed E-state index contributed by atoms with van der Waals surface area (Å²) in [7, 11) is 0. The molecular weight excluding hydrogens is 414 g/mol. The van der Waals surface area contributed by atoms with Crippen molar-refractivity contribution in [2.24, 2.45) is 0 Å². The SMILES string of the molecule is CC(=O)S[C@@H]1CCN(C(c2ccccc2)(c2ccccc2)c2ccccc2)CC1=CCO. The maximum atomic E-state index is 11.9. The van der Waals surface area contributed by atoms with Gasteiger partial charge in [-0.1, -0.05) is 109 Å². The second-order valence-electron chi connectivity index (χ2n) is 8.08. The molecule has 0 spiro atoms. The van der Waals surface area contributed by atoms with Crippen molar-refractivity contribution < 1.29 is 9.90 Å². The van der Waals surface area contributed by atoms with Crippen LogP contribution in [-0.4, -0.2) is 40.1 Å². The zero-order valence-electron chi connectivity index (χ0n) is 18.4. The Bertz CT molecular complexity index is 954. The number of hydrogen-bond acceptors (Lipinski definition) is 4. The molecule has 0 unspecified atom stereocenters. The summed E-state index contributed by atoms with van der Waals surface area (Å²) in [6.07, 6.45) is 2.74. The van der Waals surface area contributed by atoms with Gasteiger partial charge in [-0.2, -0.15) is 0 Å². The molecule has 0 amide bonds. The van der Waals surface area contributed by atoms with Gasteiger partial charge in [-0.15, -0.1) is 0 Å². The first-order chi connectivity index (χ1) is 15.7. The molecule has 1 aliphatic rings. The molecular formula is C28H29NO2S. The Morgan fingerprint density at radius 1 is 0.938 bits per heavy atom. The first-order valence-electron chi connectivity index (χ1n) is 11.0. The van der Waals surface area contributed by atoms with Gasteiger partial charge in [-0.05, 0) is 28.7 Å². The number of piperidine rings is 1. The predicted molar refractivity (Wildman–Crippen MR) is 133 cm³/mol.